The van der Waals surface area contributed by atoms with Crippen molar-refractivity contribution in [2.45, 2.75) is 77.3 Å². The van der Waals surface area contributed by atoms with Gasteiger partial charge in [0.05, 0.1) is 18.1 Å². The van der Waals surface area contributed by atoms with Gasteiger partial charge in [-0.25, -0.2) is 0 Å². The third-order valence-electron chi connectivity index (χ3n) is 9.12. The van der Waals surface area contributed by atoms with Gasteiger partial charge in [-0.15, -0.1) is 0 Å². The average molecular weight is 376 g/mol. The number of carbonyl (C=O) groups excluding carboxylic acids is 1. The Morgan fingerprint density at radius 1 is 1.19 bits per heavy atom. The van der Waals surface area contributed by atoms with E-state index in [0.717, 1.165) is 31.3 Å². The van der Waals surface area contributed by atoms with Crippen LogP contribution in [-0.2, 0) is 14.3 Å². The summed E-state index contributed by atoms with van der Waals surface area (Å²) in [5.41, 5.74) is 0.0986. The molecule has 2 aliphatic heterocycles. The normalized spacial score (nSPS) is 55.0. The van der Waals surface area contributed by atoms with E-state index in [2.05, 4.69) is 20.4 Å². The van der Waals surface area contributed by atoms with Gasteiger partial charge in [0, 0.05) is 18.8 Å². The quantitative estimate of drug-likeness (QED) is 0.544. The lowest BCUT2D eigenvalue weighted by Gasteiger charge is -2.73. The van der Waals surface area contributed by atoms with E-state index >= 15 is 0 Å². The van der Waals surface area contributed by atoms with E-state index in [1.807, 2.05) is 0 Å². The van der Waals surface area contributed by atoms with Gasteiger partial charge in [-0.3, -0.25) is 4.79 Å². The SMILES string of the molecule is C=C1[C@@H]2CC[C@H]3[C@@]45CO[C@](O)(C[C@@H]4C(C)(C)C[C@@H](O)C5)[C@]3(C2)[C@@H]1OC(C)=O. The Morgan fingerprint density at radius 2 is 1.93 bits per heavy atom. The first-order valence-electron chi connectivity index (χ1n) is 10.5. The van der Waals surface area contributed by atoms with Gasteiger partial charge >= 0.3 is 5.97 Å². The fourth-order valence-corrected chi connectivity index (χ4v) is 8.43. The monoisotopic (exact) mass is 376 g/mol. The van der Waals surface area contributed by atoms with Crippen molar-refractivity contribution in [2.75, 3.05) is 6.61 Å². The van der Waals surface area contributed by atoms with Crippen LogP contribution in [0.2, 0.25) is 0 Å². The summed E-state index contributed by atoms with van der Waals surface area (Å²) >= 11 is 0. The molecule has 0 amide bonds. The topological polar surface area (TPSA) is 76.0 Å². The van der Waals surface area contributed by atoms with Gasteiger partial charge < -0.3 is 19.7 Å². The first kappa shape index (κ1) is 18.1. The maximum absolute atomic E-state index is 11.9. The van der Waals surface area contributed by atoms with E-state index in [9.17, 15) is 15.0 Å². The second-order valence-electron chi connectivity index (χ2n) is 10.7. The lowest BCUT2D eigenvalue weighted by molar-refractivity contribution is -0.426. The molecule has 0 aromatic carbocycles. The fourth-order valence-electron chi connectivity index (χ4n) is 8.43. The highest BCUT2D eigenvalue weighted by Gasteiger charge is 2.80. The Balaban J connectivity index is 1.69. The van der Waals surface area contributed by atoms with Crippen LogP contribution in [0.1, 0.15) is 59.3 Å². The van der Waals surface area contributed by atoms with Crippen molar-refractivity contribution in [3.8, 4) is 0 Å². The highest BCUT2D eigenvalue weighted by atomic mass is 16.6. The summed E-state index contributed by atoms with van der Waals surface area (Å²) in [5.74, 6) is -0.872. The van der Waals surface area contributed by atoms with Crippen molar-refractivity contribution < 1.29 is 24.5 Å². The fraction of sp³-hybridized carbons (Fsp3) is 0.864. The first-order valence-corrected chi connectivity index (χ1v) is 10.5. The van der Waals surface area contributed by atoms with Gasteiger partial charge in [0.2, 0.25) is 0 Å². The number of aliphatic hydroxyl groups excluding tert-OH is 1. The minimum atomic E-state index is -1.29. The number of fused-ring (bicyclic) bond motifs is 2. The molecule has 2 N–H and O–H groups in total. The summed E-state index contributed by atoms with van der Waals surface area (Å²) < 4.78 is 12.1. The molecule has 6 fully saturated rings. The second-order valence-corrected chi connectivity index (χ2v) is 10.7. The molecule has 5 heteroatoms. The molecule has 6 aliphatic rings. The Morgan fingerprint density at radius 3 is 2.63 bits per heavy atom. The molecule has 6 rings (SSSR count). The molecule has 4 saturated carbocycles. The van der Waals surface area contributed by atoms with E-state index in [4.69, 9.17) is 9.47 Å². The molecule has 4 bridgehead atoms. The zero-order valence-corrected chi connectivity index (χ0v) is 16.7. The molecule has 2 saturated heterocycles. The molecule has 0 radical (unpaired) electrons. The minimum Gasteiger partial charge on any atom is -0.457 e. The summed E-state index contributed by atoms with van der Waals surface area (Å²) in [6.45, 7) is 10.7. The molecule has 8 atom stereocenters. The number of aliphatic hydroxyl groups is 2. The standard InChI is InChI=1S/C22H32O5/c1-12-14-5-6-16-20-9-15(24)8-19(3,4)17(20)10-22(25,26-11-20)21(16,7-14)18(12)27-13(2)23/h14-18,24-25H,1,5-11H2,2-4H3/t14-,15-,16+,17-,18-,20-,21+,22-/m1/s1. The van der Waals surface area contributed by atoms with Crippen LogP contribution in [0.15, 0.2) is 12.2 Å². The molecule has 2 spiro atoms. The number of hydrogen-bond donors (Lipinski definition) is 2. The lowest BCUT2D eigenvalue weighted by atomic mass is 9.37. The van der Waals surface area contributed by atoms with Crippen molar-refractivity contribution in [2.24, 2.45) is 34.0 Å². The van der Waals surface area contributed by atoms with Gasteiger partial charge in [-0.1, -0.05) is 20.4 Å². The molecule has 0 unspecified atom stereocenters. The maximum atomic E-state index is 11.9. The largest absolute Gasteiger partial charge is 0.457 e. The number of rotatable bonds is 1. The van der Waals surface area contributed by atoms with Crippen LogP contribution in [0.25, 0.3) is 0 Å². The van der Waals surface area contributed by atoms with E-state index in [-0.39, 0.29) is 34.7 Å². The molecule has 4 aliphatic carbocycles. The predicted molar refractivity (Wildman–Crippen MR) is 98.4 cm³/mol. The van der Waals surface area contributed by atoms with Crippen molar-refractivity contribution in [1.82, 2.24) is 0 Å². The number of hydrogen-bond acceptors (Lipinski definition) is 5. The average Bonchev–Trinajstić information content (AvgIpc) is 2.76. The molecule has 0 aromatic rings. The molecule has 150 valence electrons. The predicted octanol–water partition coefficient (Wildman–Crippen LogP) is 2.80. The van der Waals surface area contributed by atoms with Crippen molar-refractivity contribution in [1.29, 1.82) is 0 Å². The summed E-state index contributed by atoms with van der Waals surface area (Å²) in [5, 5.41) is 22.7. The lowest BCUT2D eigenvalue weighted by Crippen LogP contribution is -2.77. The molecular formula is C22H32O5. The zero-order valence-electron chi connectivity index (χ0n) is 16.7. The summed E-state index contributed by atoms with van der Waals surface area (Å²) in [4.78, 5) is 11.9. The van der Waals surface area contributed by atoms with Gasteiger partial charge in [0.25, 0.3) is 0 Å². The van der Waals surface area contributed by atoms with Gasteiger partial charge in [0.1, 0.15) is 6.10 Å². The van der Waals surface area contributed by atoms with E-state index in [1.54, 1.807) is 0 Å². The second kappa shape index (κ2) is 5.17. The number of esters is 1. The molecular weight excluding hydrogens is 344 g/mol. The Labute approximate surface area is 161 Å². The third-order valence-corrected chi connectivity index (χ3v) is 9.12. The van der Waals surface area contributed by atoms with Crippen LogP contribution in [-0.4, -0.2) is 40.8 Å². The highest BCUT2D eigenvalue weighted by molar-refractivity contribution is 5.67. The van der Waals surface area contributed by atoms with Crippen molar-refractivity contribution in [3.63, 3.8) is 0 Å². The van der Waals surface area contributed by atoms with Crippen molar-refractivity contribution >= 4 is 5.97 Å². The molecule has 0 aromatic heterocycles. The summed E-state index contributed by atoms with van der Waals surface area (Å²) in [6.07, 6.45) is 3.97. The van der Waals surface area contributed by atoms with E-state index in [1.165, 1.54) is 6.92 Å². The van der Waals surface area contributed by atoms with Gasteiger partial charge in [-0.2, -0.15) is 0 Å². The number of ether oxygens (including phenoxy) is 2. The third kappa shape index (κ3) is 1.99. The zero-order chi connectivity index (χ0) is 19.4. The van der Waals surface area contributed by atoms with Crippen LogP contribution in [0.4, 0.5) is 0 Å². The smallest absolute Gasteiger partial charge is 0.303 e. The molecule has 27 heavy (non-hydrogen) atoms. The highest BCUT2D eigenvalue weighted by Crippen LogP contribution is 2.77. The van der Waals surface area contributed by atoms with E-state index in [0.29, 0.717) is 25.4 Å². The Hall–Kier alpha value is -0.910. The summed E-state index contributed by atoms with van der Waals surface area (Å²) in [7, 11) is 0. The number of carbonyl (C=O) groups is 1. The van der Waals surface area contributed by atoms with Crippen LogP contribution in [0.5, 0.6) is 0 Å². The summed E-state index contributed by atoms with van der Waals surface area (Å²) in [6, 6.07) is 0. The minimum absolute atomic E-state index is 0.0551. The maximum Gasteiger partial charge on any atom is 0.303 e. The Bertz CT molecular complexity index is 715. The van der Waals surface area contributed by atoms with E-state index < -0.39 is 17.3 Å². The van der Waals surface area contributed by atoms with Crippen molar-refractivity contribution in [3.05, 3.63) is 12.2 Å². The van der Waals surface area contributed by atoms with Crippen LogP contribution in [0, 0.1) is 34.0 Å². The van der Waals surface area contributed by atoms with Crippen LogP contribution < -0.4 is 0 Å². The van der Waals surface area contributed by atoms with Crippen LogP contribution in [0.3, 0.4) is 0 Å². The molecule has 2 heterocycles. The molecule has 5 nitrogen and oxygen atoms in total. The van der Waals surface area contributed by atoms with Gasteiger partial charge in [-0.05, 0) is 60.8 Å². The van der Waals surface area contributed by atoms with Gasteiger partial charge in [0.15, 0.2) is 5.79 Å². The van der Waals surface area contributed by atoms with Crippen LogP contribution >= 0.6 is 0 Å². The first-order chi connectivity index (χ1) is 12.6. The Kier molecular flexibility index (Phi) is 3.47.